The summed E-state index contributed by atoms with van der Waals surface area (Å²) in [5.41, 5.74) is 1.76. The van der Waals surface area contributed by atoms with Gasteiger partial charge in [-0.3, -0.25) is 9.67 Å². The molecule has 0 fully saturated rings. The molecule has 0 spiro atoms. The number of halogens is 3. The topological polar surface area (TPSA) is 83.7 Å². The van der Waals surface area contributed by atoms with Crippen LogP contribution in [0.15, 0.2) is 41.7 Å². The molecule has 0 bridgehead atoms. The second-order valence-corrected chi connectivity index (χ2v) is 6.24. The Morgan fingerprint density at radius 2 is 2.00 bits per heavy atom. The fourth-order valence-corrected chi connectivity index (χ4v) is 2.60. The second-order valence-electron chi connectivity index (χ2n) is 6.24. The van der Waals surface area contributed by atoms with E-state index in [2.05, 4.69) is 25.5 Å². The molecule has 10 heteroatoms. The molecule has 1 unspecified atom stereocenters. The van der Waals surface area contributed by atoms with Gasteiger partial charge in [0, 0.05) is 26.3 Å². The minimum absolute atomic E-state index is 0. The third-order valence-corrected chi connectivity index (χ3v) is 3.95. The average Bonchev–Trinajstić information content (AvgIpc) is 3.08. The van der Waals surface area contributed by atoms with Crippen molar-refractivity contribution in [1.82, 2.24) is 20.4 Å². The number of nitrogens with one attached hydrogen (secondary N) is 2. The zero-order chi connectivity index (χ0) is 20.4. The Hall–Kier alpha value is -1.95. The van der Waals surface area contributed by atoms with Gasteiger partial charge in [0.1, 0.15) is 5.75 Å². The molecule has 7 nitrogen and oxygen atoms in total. The molecule has 0 amide bonds. The Labute approximate surface area is 186 Å². The third kappa shape index (κ3) is 9.39. The third-order valence-electron chi connectivity index (χ3n) is 3.95. The first-order valence-corrected chi connectivity index (χ1v) is 9.20. The Bertz CT molecular complexity index is 740. The van der Waals surface area contributed by atoms with E-state index in [4.69, 9.17) is 0 Å². The van der Waals surface area contributed by atoms with Crippen LogP contribution < -0.4 is 15.4 Å². The quantitative estimate of drug-likeness (QED) is 0.193. The molecule has 1 aromatic carbocycles. The molecule has 1 atom stereocenters. The van der Waals surface area contributed by atoms with Crippen molar-refractivity contribution in [1.29, 1.82) is 0 Å². The highest BCUT2D eigenvalue weighted by Crippen LogP contribution is 2.19. The fraction of sp³-hybridized carbons (Fsp3) is 0.474. The highest BCUT2D eigenvalue weighted by molar-refractivity contribution is 14.0. The summed E-state index contributed by atoms with van der Waals surface area (Å²) in [4.78, 5) is 4.39. The van der Waals surface area contributed by atoms with Crippen LogP contribution >= 0.6 is 24.0 Å². The number of benzene rings is 1. The number of aromatic nitrogens is 2. The smallest absolute Gasteiger partial charge is 0.387 e. The average molecular weight is 523 g/mol. The zero-order valence-corrected chi connectivity index (χ0v) is 18.8. The molecule has 0 saturated heterocycles. The molecular formula is C19H28F2IN5O2. The predicted molar refractivity (Wildman–Crippen MR) is 119 cm³/mol. The van der Waals surface area contributed by atoms with Crippen molar-refractivity contribution in [3.63, 3.8) is 0 Å². The first kappa shape index (κ1) is 25.1. The van der Waals surface area contributed by atoms with Gasteiger partial charge in [0.2, 0.25) is 0 Å². The maximum atomic E-state index is 12.2. The van der Waals surface area contributed by atoms with Gasteiger partial charge in [-0.25, -0.2) is 0 Å². The molecule has 2 rings (SSSR count). The van der Waals surface area contributed by atoms with Gasteiger partial charge in [-0.2, -0.15) is 13.9 Å². The van der Waals surface area contributed by atoms with Gasteiger partial charge in [-0.1, -0.05) is 12.1 Å². The molecular weight excluding hydrogens is 495 g/mol. The van der Waals surface area contributed by atoms with Crippen LogP contribution in [0.2, 0.25) is 0 Å². The highest BCUT2D eigenvalue weighted by Gasteiger charge is 2.09. The van der Waals surface area contributed by atoms with Crippen molar-refractivity contribution in [3.8, 4) is 5.75 Å². The molecule has 0 radical (unpaired) electrons. The SMILES string of the molecule is CCNC(=NCC(O)c1ccc(OC(F)F)cc1)NCCCc1cnn(C)c1.I. The van der Waals surface area contributed by atoms with E-state index in [-0.39, 0.29) is 36.3 Å². The molecule has 0 aliphatic heterocycles. The standard InChI is InChI=1S/C19H27F2N5O2.HI/c1-3-22-19(23-10-4-5-14-11-25-26(2)13-14)24-12-17(27)15-6-8-16(9-7-15)28-18(20)21;/h6-9,11,13,17-18,27H,3-5,10,12H2,1-2H3,(H2,22,23,24);1H. The van der Waals surface area contributed by atoms with Gasteiger partial charge < -0.3 is 20.5 Å². The van der Waals surface area contributed by atoms with E-state index in [1.807, 2.05) is 26.4 Å². The van der Waals surface area contributed by atoms with Crippen LogP contribution in [-0.2, 0) is 13.5 Å². The van der Waals surface area contributed by atoms with Crippen LogP contribution in [0.25, 0.3) is 0 Å². The maximum Gasteiger partial charge on any atom is 0.387 e. The lowest BCUT2D eigenvalue weighted by Gasteiger charge is -2.13. The summed E-state index contributed by atoms with van der Waals surface area (Å²) in [5, 5.41) is 20.8. The summed E-state index contributed by atoms with van der Waals surface area (Å²) in [7, 11) is 1.89. The molecule has 0 aliphatic rings. The summed E-state index contributed by atoms with van der Waals surface area (Å²) in [5.74, 6) is 0.670. The number of aliphatic imine (C=N–C) groups is 1. The monoisotopic (exact) mass is 523 g/mol. The van der Waals surface area contributed by atoms with Gasteiger partial charge >= 0.3 is 6.61 Å². The van der Waals surface area contributed by atoms with E-state index >= 15 is 0 Å². The molecule has 29 heavy (non-hydrogen) atoms. The molecule has 0 saturated carbocycles. The minimum Gasteiger partial charge on any atom is -0.435 e. The van der Waals surface area contributed by atoms with E-state index in [0.717, 1.165) is 19.4 Å². The van der Waals surface area contributed by atoms with Gasteiger partial charge in [0.25, 0.3) is 0 Å². The van der Waals surface area contributed by atoms with Crippen molar-refractivity contribution in [2.75, 3.05) is 19.6 Å². The Morgan fingerprint density at radius 3 is 2.59 bits per heavy atom. The van der Waals surface area contributed by atoms with Crippen molar-refractivity contribution < 1.29 is 18.6 Å². The van der Waals surface area contributed by atoms with Crippen molar-refractivity contribution in [2.24, 2.45) is 12.0 Å². The summed E-state index contributed by atoms with van der Waals surface area (Å²) in [6, 6.07) is 5.89. The van der Waals surface area contributed by atoms with Gasteiger partial charge in [-0.05, 0) is 43.0 Å². The van der Waals surface area contributed by atoms with E-state index < -0.39 is 12.7 Å². The first-order valence-electron chi connectivity index (χ1n) is 9.20. The predicted octanol–water partition coefficient (Wildman–Crippen LogP) is 2.86. The van der Waals surface area contributed by atoms with E-state index in [1.54, 1.807) is 16.8 Å². The van der Waals surface area contributed by atoms with Crippen LogP contribution in [0.1, 0.15) is 30.6 Å². The lowest BCUT2D eigenvalue weighted by Crippen LogP contribution is -2.38. The lowest BCUT2D eigenvalue weighted by atomic mass is 10.1. The summed E-state index contributed by atoms with van der Waals surface area (Å²) < 4.78 is 30.4. The molecule has 162 valence electrons. The van der Waals surface area contributed by atoms with Crippen LogP contribution in [0.5, 0.6) is 5.75 Å². The zero-order valence-electron chi connectivity index (χ0n) is 16.5. The fourth-order valence-electron chi connectivity index (χ4n) is 2.60. The number of alkyl halides is 2. The second kappa shape index (κ2) is 13.3. The molecule has 1 aromatic heterocycles. The molecule has 2 aromatic rings. The van der Waals surface area contributed by atoms with Crippen molar-refractivity contribution >= 4 is 29.9 Å². The largest absolute Gasteiger partial charge is 0.435 e. The number of guanidine groups is 1. The van der Waals surface area contributed by atoms with E-state index in [1.165, 1.54) is 17.7 Å². The number of aliphatic hydroxyl groups excluding tert-OH is 1. The number of rotatable bonds is 10. The molecule has 0 aliphatic carbocycles. The van der Waals surface area contributed by atoms with Crippen molar-refractivity contribution in [3.05, 3.63) is 47.8 Å². The van der Waals surface area contributed by atoms with Gasteiger partial charge in [-0.15, -0.1) is 24.0 Å². The van der Waals surface area contributed by atoms with Gasteiger partial charge in [0.05, 0.1) is 18.8 Å². The number of aliphatic hydroxyl groups is 1. The number of hydrogen-bond donors (Lipinski definition) is 3. The van der Waals surface area contributed by atoms with Crippen molar-refractivity contribution in [2.45, 2.75) is 32.5 Å². The minimum atomic E-state index is -2.87. The summed E-state index contributed by atoms with van der Waals surface area (Å²) in [6.07, 6.45) is 4.84. The molecule has 3 N–H and O–H groups in total. The van der Waals surface area contributed by atoms with E-state index in [0.29, 0.717) is 18.1 Å². The Morgan fingerprint density at radius 1 is 1.28 bits per heavy atom. The van der Waals surface area contributed by atoms with Crippen LogP contribution in [0, 0.1) is 0 Å². The van der Waals surface area contributed by atoms with Gasteiger partial charge in [0.15, 0.2) is 5.96 Å². The number of aryl methyl sites for hydroxylation is 2. The Kier molecular flexibility index (Phi) is 11.5. The first-order chi connectivity index (χ1) is 13.5. The van der Waals surface area contributed by atoms with Crippen LogP contribution in [0.4, 0.5) is 8.78 Å². The number of hydrogen-bond acceptors (Lipinski definition) is 4. The number of nitrogens with zero attached hydrogens (tertiary/aromatic N) is 3. The normalized spacial score (nSPS) is 12.4. The Balaban J connectivity index is 0.00000420. The lowest BCUT2D eigenvalue weighted by molar-refractivity contribution is -0.0498. The highest BCUT2D eigenvalue weighted by atomic mass is 127. The number of ether oxygens (including phenoxy) is 1. The maximum absolute atomic E-state index is 12.2. The van der Waals surface area contributed by atoms with Crippen LogP contribution in [0.3, 0.4) is 0 Å². The molecule has 1 heterocycles. The summed E-state index contributed by atoms with van der Waals surface area (Å²) in [6.45, 7) is 0.672. The summed E-state index contributed by atoms with van der Waals surface area (Å²) >= 11 is 0. The van der Waals surface area contributed by atoms with Crippen LogP contribution in [-0.4, -0.2) is 47.1 Å². The van der Waals surface area contributed by atoms with E-state index in [9.17, 15) is 13.9 Å².